The predicted octanol–water partition coefficient (Wildman–Crippen LogP) is 7.41. The summed E-state index contributed by atoms with van der Waals surface area (Å²) < 4.78 is 6.26. The first kappa shape index (κ1) is 24.9. The number of piperidine rings is 1. The average molecular weight is 504 g/mol. The van der Waals surface area contributed by atoms with Gasteiger partial charge in [0.15, 0.2) is 0 Å². The molecule has 0 bridgehead atoms. The number of likely N-dealkylation sites (tertiary alicyclic amines) is 1. The fourth-order valence-corrected chi connectivity index (χ4v) is 6.33. The van der Waals surface area contributed by atoms with Crippen LogP contribution in [0.5, 0.6) is 5.75 Å². The van der Waals surface area contributed by atoms with E-state index in [1.54, 1.807) is 0 Å². The number of hydrogen-bond acceptors (Lipinski definition) is 3. The molecule has 1 N–H and O–H groups in total. The number of rotatable bonds is 7. The van der Waals surface area contributed by atoms with E-state index in [4.69, 9.17) is 4.74 Å². The molecule has 38 heavy (non-hydrogen) atoms. The number of aliphatic hydroxyl groups is 1. The topological polar surface area (TPSA) is 32.7 Å². The molecule has 6 rings (SSSR count). The van der Waals surface area contributed by atoms with Crippen molar-refractivity contribution >= 4 is 0 Å². The Morgan fingerprint density at radius 3 is 2.26 bits per heavy atom. The summed E-state index contributed by atoms with van der Waals surface area (Å²) in [6, 6.07) is 36.1. The van der Waals surface area contributed by atoms with E-state index < -0.39 is 6.10 Å². The second-order valence-electron chi connectivity index (χ2n) is 10.9. The summed E-state index contributed by atoms with van der Waals surface area (Å²) in [7, 11) is 0. The molecule has 0 radical (unpaired) electrons. The zero-order valence-electron chi connectivity index (χ0n) is 22.0. The third-order valence-corrected chi connectivity index (χ3v) is 8.51. The molecule has 3 heteroatoms. The van der Waals surface area contributed by atoms with Crippen LogP contribution in [0.4, 0.5) is 0 Å². The van der Waals surface area contributed by atoms with Crippen LogP contribution in [-0.2, 0) is 13.0 Å². The van der Waals surface area contributed by atoms with Crippen molar-refractivity contribution in [1.29, 1.82) is 0 Å². The molecule has 2 unspecified atom stereocenters. The number of aryl methyl sites for hydroxylation is 1. The molecule has 0 amide bonds. The van der Waals surface area contributed by atoms with Crippen molar-refractivity contribution in [3.05, 3.63) is 125 Å². The summed E-state index contributed by atoms with van der Waals surface area (Å²) in [4.78, 5) is 2.57. The minimum Gasteiger partial charge on any atom is -0.489 e. The van der Waals surface area contributed by atoms with Crippen molar-refractivity contribution in [3.8, 4) is 16.9 Å². The second kappa shape index (κ2) is 11.6. The number of benzene rings is 4. The van der Waals surface area contributed by atoms with Crippen molar-refractivity contribution in [1.82, 2.24) is 4.90 Å². The van der Waals surface area contributed by atoms with Crippen LogP contribution in [0.25, 0.3) is 11.1 Å². The molecule has 4 aromatic rings. The summed E-state index contributed by atoms with van der Waals surface area (Å²) in [5.41, 5.74) is 7.36. The Kier molecular flexibility index (Phi) is 7.57. The highest BCUT2D eigenvalue weighted by Gasteiger charge is 2.31. The van der Waals surface area contributed by atoms with Crippen LogP contribution in [-0.4, -0.2) is 29.6 Å². The maximum Gasteiger partial charge on any atom is 0.120 e. The van der Waals surface area contributed by atoms with Crippen LogP contribution in [0.3, 0.4) is 0 Å². The average Bonchev–Trinajstić information content (AvgIpc) is 2.99. The molecular formula is C35H37NO2. The minimum absolute atomic E-state index is 0.292. The maximum atomic E-state index is 11.3. The largest absolute Gasteiger partial charge is 0.489 e. The van der Waals surface area contributed by atoms with E-state index in [1.165, 1.54) is 40.7 Å². The smallest absolute Gasteiger partial charge is 0.120 e. The Balaban J connectivity index is 1.06. The molecule has 0 aromatic heterocycles. The van der Waals surface area contributed by atoms with Crippen molar-refractivity contribution in [2.45, 2.75) is 44.3 Å². The Labute approximate surface area is 226 Å². The Hall–Kier alpha value is -3.40. The third kappa shape index (κ3) is 5.55. The fraction of sp³-hybridized carbons (Fsp3) is 0.314. The SMILES string of the molecule is OC1c2ccc(OCc3ccccc3-c3ccccc3)cc2CCC1CN1CCC(c2ccccc2)CC1. The van der Waals surface area contributed by atoms with Gasteiger partial charge in [0.05, 0.1) is 6.10 Å². The molecule has 1 saturated heterocycles. The van der Waals surface area contributed by atoms with E-state index in [9.17, 15) is 5.11 Å². The normalized spacial score (nSPS) is 20.1. The van der Waals surface area contributed by atoms with Gasteiger partial charge in [0.2, 0.25) is 0 Å². The first-order chi connectivity index (χ1) is 18.7. The molecule has 1 aliphatic heterocycles. The lowest BCUT2D eigenvalue weighted by molar-refractivity contribution is 0.0587. The maximum absolute atomic E-state index is 11.3. The van der Waals surface area contributed by atoms with Crippen LogP contribution in [0.2, 0.25) is 0 Å². The second-order valence-corrected chi connectivity index (χ2v) is 10.9. The summed E-state index contributed by atoms with van der Waals surface area (Å²) in [5.74, 6) is 1.84. The molecule has 2 atom stereocenters. The molecule has 3 nitrogen and oxygen atoms in total. The van der Waals surface area contributed by atoms with Crippen molar-refractivity contribution in [2.24, 2.45) is 5.92 Å². The summed E-state index contributed by atoms with van der Waals surface area (Å²) in [6.45, 7) is 3.74. The highest BCUT2D eigenvalue weighted by atomic mass is 16.5. The third-order valence-electron chi connectivity index (χ3n) is 8.51. The van der Waals surface area contributed by atoms with Gasteiger partial charge in [0, 0.05) is 12.5 Å². The monoisotopic (exact) mass is 503 g/mol. The van der Waals surface area contributed by atoms with Gasteiger partial charge in [0.25, 0.3) is 0 Å². The number of fused-ring (bicyclic) bond motifs is 1. The highest BCUT2D eigenvalue weighted by Crippen LogP contribution is 2.38. The van der Waals surface area contributed by atoms with Gasteiger partial charge in [-0.3, -0.25) is 0 Å². The first-order valence-corrected chi connectivity index (χ1v) is 14.1. The number of hydrogen-bond donors (Lipinski definition) is 1. The number of ether oxygens (including phenoxy) is 1. The van der Waals surface area contributed by atoms with Crippen molar-refractivity contribution in [2.75, 3.05) is 19.6 Å². The quantitative estimate of drug-likeness (QED) is 0.285. The van der Waals surface area contributed by atoms with Gasteiger partial charge in [-0.25, -0.2) is 0 Å². The number of aliphatic hydroxyl groups excluding tert-OH is 1. The Morgan fingerprint density at radius 1 is 0.763 bits per heavy atom. The van der Waals surface area contributed by atoms with Gasteiger partial charge in [-0.15, -0.1) is 0 Å². The van der Waals surface area contributed by atoms with Gasteiger partial charge in [-0.2, -0.15) is 0 Å². The lowest BCUT2D eigenvalue weighted by Gasteiger charge is -2.38. The Bertz CT molecular complexity index is 1330. The van der Waals surface area contributed by atoms with Crippen LogP contribution >= 0.6 is 0 Å². The van der Waals surface area contributed by atoms with E-state index in [1.807, 2.05) is 12.1 Å². The Morgan fingerprint density at radius 2 is 1.47 bits per heavy atom. The zero-order valence-corrected chi connectivity index (χ0v) is 22.0. The van der Waals surface area contributed by atoms with Gasteiger partial charge >= 0.3 is 0 Å². The van der Waals surface area contributed by atoms with Gasteiger partial charge in [-0.1, -0.05) is 91.0 Å². The molecule has 194 valence electrons. The number of nitrogens with zero attached hydrogens (tertiary/aromatic N) is 1. The molecule has 1 aliphatic carbocycles. The first-order valence-electron chi connectivity index (χ1n) is 14.1. The standard InChI is InChI=1S/C35H37NO2/c37-35-30(24-36-21-19-27(20-22-36)26-9-3-1-4-10-26)16-15-29-23-32(17-18-34(29)35)38-25-31-13-7-8-14-33(31)28-11-5-2-6-12-28/h1-14,17-18,23,27,30,35,37H,15-16,19-22,24-25H2. The molecule has 0 spiro atoms. The minimum atomic E-state index is -0.404. The lowest BCUT2D eigenvalue weighted by Crippen LogP contribution is -2.39. The summed E-state index contributed by atoms with van der Waals surface area (Å²) in [5, 5.41) is 11.3. The molecule has 4 aromatic carbocycles. The molecule has 1 fully saturated rings. The molecule has 1 heterocycles. The lowest BCUT2D eigenvalue weighted by atomic mass is 9.80. The van der Waals surface area contributed by atoms with E-state index in [0.29, 0.717) is 18.4 Å². The van der Waals surface area contributed by atoms with Crippen LogP contribution in [0, 0.1) is 5.92 Å². The predicted molar refractivity (Wildman–Crippen MR) is 154 cm³/mol. The van der Waals surface area contributed by atoms with Crippen molar-refractivity contribution in [3.63, 3.8) is 0 Å². The van der Waals surface area contributed by atoms with E-state index in [0.717, 1.165) is 43.8 Å². The van der Waals surface area contributed by atoms with Gasteiger partial charge in [0.1, 0.15) is 12.4 Å². The molecular weight excluding hydrogens is 466 g/mol. The van der Waals surface area contributed by atoms with E-state index in [2.05, 4.69) is 95.9 Å². The zero-order chi connectivity index (χ0) is 25.7. The summed E-state index contributed by atoms with van der Waals surface area (Å²) in [6.07, 6.45) is 4.02. The molecule has 2 aliphatic rings. The van der Waals surface area contributed by atoms with Crippen LogP contribution in [0.15, 0.2) is 103 Å². The van der Waals surface area contributed by atoms with Gasteiger partial charge < -0.3 is 14.7 Å². The highest BCUT2D eigenvalue weighted by molar-refractivity contribution is 5.67. The van der Waals surface area contributed by atoms with Gasteiger partial charge in [-0.05, 0) is 90.2 Å². The van der Waals surface area contributed by atoms with E-state index >= 15 is 0 Å². The summed E-state index contributed by atoms with van der Waals surface area (Å²) >= 11 is 0. The fourth-order valence-electron chi connectivity index (χ4n) is 6.33. The van der Waals surface area contributed by atoms with E-state index in [-0.39, 0.29) is 0 Å². The molecule has 0 saturated carbocycles. The van der Waals surface area contributed by atoms with Crippen molar-refractivity contribution < 1.29 is 9.84 Å². The van der Waals surface area contributed by atoms with Crippen LogP contribution < -0.4 is 4.74 Å². The van der Waals surface area contributed by atoms with Crippen LogP contribution in [0.1, 0.15) is 53.5 Å².